The molecule has 2 N–H and O–H groups in total. The van der Waals surface area contributed by atoms with E-state index in [1.807, 2.05) is 13.0 Å². The van der Waals surface area contributed by atoms with Crippen molar-refractivity contribution >= 4 is 0 Å². The van der Waals surface area contributed by atoms with Crippen LogP contribution in [0.2, 0.25) is 0 Å². The zero-order chi connectivity index (χ0) is 11.5. The van der Waals surface area contributed by atoms with Crippen LogP contribution in [0.25, 0.3) is 0 Å². The summed E-state index contributed by atoms with van der Waals surface area (Å²) >= 11 is 0. The number of hydrogen-bond acceptors (Lipinski definition) is 3. The van der Waals surface area contributed by atoms with E-state index in [0.717, 1.165) is 11.1 Å². The Morgan fingerprint density at radius 1 is 1.38 bits per heavy atom. The van der Waals surface area contributed by atoms with Crippen molar-refractivity contribution in [2.24, 2.45) is 0 Å². The van der Waals surface area contributed by atoms with Crippen molar-refractivity contribution in [1.29, 1.82) is 0 Å². The minimum atomic E-state index is -0.241. The number of aromatic amines is 1. The molecule has 1 aromatic heterocycles. The lowest BCUT2D eigenvalue weighted by molar-refractivity contribution is 0.607. The standard InChI is InChI=1S/C11H13FN4/c1-7-3-8(5-9(12)4-7)10(13-2)11-14-6-15-16-11/h3-6,10,13H,1-2H3,(H,14,15,16). The van der Waals surface area contributed by atoms with E-state index >= 15 is 0 Å². The van der Waals surface area contributed by atoms with Gasteiger partial charge in [-0.05, 0) is 37.2 Å². The topological polar surface area (TPSA) is 53.6 Å². The van der Waals surface area contributed by atoms with Crippen molar-refractivity contribution in [2.45, 2.75) is 13.0 Å². The fourth-order valence-corrected chi connectivity index (χ4v) is 1.75. The largest absolute Gasteiger partial charge is 0.307 e. The molecule has 84 valence electrons. The van der Waals surface area contributed by atoms with Crippen LogP contribution < -0.4 is 5.32 Å². The summed E-state index contributed by atoms with van der Waals surface area (Å²) in [6.07, 6.45) is 1.44. The SMILES string of the molecule is CNC(c1cc(C)cc(F)c1)c1ncn[nH]1. The van der Waals surface area contributed by atoms with E-state index < -0.39 is 0 Å². The van der Waals surface area contributed by atoms with Crippen LogP contribution in [0.4, 0.5) is 4.39 Å². The van der Waals surface area contributed by atoms with Gasteiger partial charge in [-0.25, -0.2) is 9.37 Å². The number of nitrogens with one attached hydrogen (secondary N) is 2. The average molecular weight is 220 g/mol. The summed E-state index contributed by atoms with van der Waals surface area (Å²) in [5, 5.41) is 9.65. The van der Waals surface area contributed by atoms with E-state index in [9.17, 15) is 4.39 Å². The molecule has 0 fully saturated rings. The molecule has 1 atom stereocenters. The van der Waals surface area contributed by atoms with Crippen LogP contribution in [-0.4, -0.2) is 22.2 Å². The highest BCUT2D eigenvalue weighted by atomic mass is 19.1. The molecule has 1 heterocycles. The molecule has 0 amide bonds. The number of rotatable bonds is 3. The number of nitrogens with zero attached hydrogens (tertiary/aromatic N) is 2. The molecule has 2 rings (SSSR count). The maximum absolute atomic E-state index is 13.3. The van der Waals surface area contributed by atoms with Gasteiger partial charge in [-0.2, -0.15) is 5.10 Å². The highest BCUT2D eigenvalue weighted by Gasteiger charge is 2.15. The third kappa shape index (κ3) is 2.09. The van der Waals surface area contributed by atoms with Gasteiger partial charge in [0.15, 0.2) is 0 Å². The Morgan fingerprint density at radius 2 is 2.19 bits per heavy atom. The molecule has 16 heavy (non-hydrogen) atoms. The molecule has 4 nitrogen and oxygen atoms in total. The third-order valence-corrected chi connectivity index (χ3v) is 2.39. The van der Waals surface area contributed by atoms with Crippen LogP contribution in [0, 0.1) is 12.7 Å². The molecule has 0 radical (unpaired) electrons. The first-order chi connectivity index (χ1) is 7.70. The second kappa shape index (κ2) is 4.40. The zero-order valence-corrected chi connectivity index (χ0v) is 9.16. The van der Waals surface area contributed by atoms with Gasteiger partial charge in [-0.3, -0.25) is 5.10 Å². The lowest BCUT2D eigenvalue weighted by Crippen LogP contribution is -2.19. The molecule has 0 aliphatic carbocycles. The summed E-state index contributed by atoms with van der Waals surface area (Å²) in [5.74, 6) is 0.433. The summed E-state index contributed by atoms with van der Waals surface area (Å²) < 4.78 is 13.3. The summed E-state index contributed by atoms with van der Waals surface area (Å²) in [6.45, 7) is 1.86. The summed E-state index contributed by atoms with van der Waals surface area (Å²) in [4.78, 5) is 4.07. The first kappa shape index (κ1) is 10.8. The molecular formula is C11H13FN4. The first-order valence-corrected chi connectivity index (χ1v) is 5.00. The number of aromatic nitrogens is 3. The number of hydrogen-bond donors (Lipinski definition) is 2. The maximum Gasteiger partial charge on any atom is 0.145 e. The molecule has 5 heteroatoms. The van der Waals surface area contributed by atoms with Crippen molar-refractivity contribution < 1.29 is 4.39 Å². The van der Waals surface area contributed by atoms with E-state index in [2.05, 4.69) is 20.5 Å². The number of benzene rings is 1. The van der Waals surface area contributed by atoms with Gasteiger partial charge in [0, 0.05) is 0 Å². The molecule has 0 aliphatic rings. The monoisotopic (exact) mass is 220 g/mol. The smallest absolute Gasteiger partial charge is 0.145 e. The van der Waals surface area contributed by atoms with Crippen LogP contribution in [0.3, 0.4) is 0 Å². The molecule has 2 aromatic rings. The number of H-pyrrole nitrogens is 1. The number of halogens is 1. The molecule has 0 spiro atoms. The lowest BCUT2D eigenvalue weighted by atomic mass is 10.0. The highest BCUT2D eigenvalue weighted by molar-refractivity contribution is 5.29. The summed E-state index contributed by atoms with van der Waals surface area (Å²) in [5.41, 5.74) is 1.71. The van der Waals surface area contributed by atoms with Crippen molar-refractivity contribution in [1.82, 2.24) is 20.5 Å². The van der Waals surface area contributed by atoms with E-state index in [4.69, 9.17) is 0 Å². The van der Waals surface area contributed by atoms with E-state index in [-0.39, 0.29) is 11.9 Å². The Bertz CT molecular complexity index is 447. The van der Waals surface area contributed by atoms with Gasteiger partial charge >= 0.3 is 0 Å². The normalized spacial score (nSPS) is 12.7. The van der Waals surface area contributed by atoms with Gasteiger partial charge in [0.05, 0.1) is 6.04 Å². The first-order valence-electron chi connectivity index (χ1n) is 5.00. The minimum absolute atomic E-state index is 0.170. The molecule has 1 aromatic carbocycles. The Morgan fingerprint density at radius 3 is 2.75 bits per heavy atom. The van der Waals surface area contributed by atoms with Crippen LogP contribution in [0.15, 0.2) is 24.5 Å². The van der Waals surface area contributed by atoms with Crippen LogP contribution in [-0.2, 0) is 0 Å². The van der Waals surface area contributed by atoms with Gasteiger partial charge < -0.3 is 5.32 Å². The summed E-state index contributed by atoms with van der Waals surface area (Å²) in [7, 11) is 1.80. The Balaban J connectivity index is 2.41. The van der Waals surface area contributed by atoms with Crippen molar-refractivity contribution in [3.8, 4) is 0 Å². The predicted molar refractivity (Wildman–Crippen MR) is 58.4 cm³/mol. The van der Waals surface area contributed by atoms with E-state index in [1.165, 1.54) is 18.5 Å². The van der Waals surface area contributed by atoms with E-state index in [1.54, 1.807) is 7.05 Å². The minimum Gasteiger partial charge on any atom is -0.307 e. The molecule has 0 saturated heterocycles. The lowest BCUT2D eigenvalue weighted by Gasteiger charge is -2.14. The maximum atomic E-state index is 13.3. The molecule has 1 unspecified atom stereocenters. The highest BCUT2D eigenvalue weighted by Crippen LogP contribution is 2.20. The van der Waals surface area contributed by atoms with Gasteiger partial charge in [-0.1, -0.05) is 6.07 Å². The molecule has 0 bridgehead atoms. The van der Waals surface area contributed by atoms with Crippen molar-refractivity contribution in [2.75, 3.05) is 7.05 Å². The van der Waals surface area contributed by atoms with Crippen LogP contribution in [0.5, 0.6) is 0 Å². The van der Waals surface area contributed by atoms with Crippen molar-refractivity contribution in [3.05, 3.63) is 47.3 Å². The molecule has 0 aliphatic heterocycles. The van der Waals surface area contributed by atoms with E-state index in [0.29, 0.717) is 5.82 Å². The third-order valence-electron chi connectivity index (χ3n) is 2.39. The van der Waals surface area contributed by atoms with Crippen LogP contribution in [0.1, 0.15) is 23.0 Å². The van der Waals surface area contributed by atoms with Gasteiger partial charge in [0.1, 0.15) is 18.0 Å². The van der Waals surface area contributed by atoms with Crippen LogP contribution >= 0.6 is 0 Å². The van der Waals surface area contributed by atoms with Gasteiger partial charge in [0.25, 0.3) is 0 Å². The fourth-order valence-electron chi connectivity index (χ4n) is 1.75. The van der Waals surface area contributed by atoms with Gasteiger partial charge in [0.2, 0.25) is 0 Å². The molecule has 0 saturated carbocycles. The Hall–Kier alpha value is -1.75. The Labute approximate surface area is 92.9 Å². The quantitative estimate of drug-likeness (QED) is 0.825. The molecular weight excluding hydrogens is 207 g/mol. The van der Waals surface area contributed by atoms with Crippen molar-refractivity contribution in [3.63, 3.8) is 0 Å². The second-order valence-electron chi connectivity index (χ2n) is 3.65. The fraction of sp³-hybridized carbons (Fsp3) is 0.273. The number of aryl methyl sites for hydroxylation is 1. The Kier molecular flexibility index (Phi) is 2.96. The summed E-state index contributed by atoms with van der Waals surface area (Å²) in [6, 6.07) is 4.75. The average Bonchev–Trinajstić information content (AvgIpc) is 2.70. The van der Waals surface area contributed by atoms with Gasteiger partial charge in [-0.15, -0.1) is 0 Å². The predicted octanol–water partition coefficient (Wildman–Crippen LogP) is 1.56. The zero-order valence-electron chi connectivity index (χ0n) is 9.16. The second-order valence-corrected chi connectivity index (χ2v) is 3.65.